The number of benzene rings is 1. The van der Waals surface area contributed by atoms with E-state index in [1.165, 1.54) is 0 Å². The van der Waals surface area contributed by atoms with E-state index >= 15 is 0 Å². The van der Waals surface area contributed by atoms with Gasteiger partial charge in [0.05, 0.1) is 19.8 Å². The van der Waals surface area contributed by atoms with Crippen molar-refractivity contribution < 1.29 is 9.53 Å². The van der Waals surface area contributed by atoms with E-state index in [1.807, 2.05) is 37.3 Å². The lowest BCUT2D eigenvalue weighted by Gasteiger charge is -2.13. The van der Waals surface area contributed by atoms with Gasteiger partial charge in [0.25, 0.3) is 0 Å². The number of ether oxygens (including phenoxy) is 1. The summed E-state index contributed by atoms with van der Waals surface area (Å²) in [6.45, 7) is 2.95. The predicted molar refractivity (Wildman–Crippen MR) is 62.8 cm³/mol. The molecule has 0 spiro atoms. The Morgan fingerprint density at radius 2 is 2.12 bits per heavy atom. The maximum Gasteiger partial charge on any atom is 0.234 e. The van der Waals surface area contributed by atoms with E-state index in [4.69, 9.17) is 10.5 Å². The van der Waals surface area contributed by atoms with Crippen LogP contribution < -0.4 is 11.1 Å². The standard InChI is InChI=1S/C12H18N2O2/c1-10(14-12(15)7-13)8-16-9-11-5-3-2-4-6-11/h2-6,10H,7-9,13H2,1H3,(H,14,15). The quantitative estimate of drug-likeness (QED) is 0.743. The van der Waals surface area contributed by atoms with Gasteiger partial charge in [-0.15, -0.1) is 0 Å². The van der Waals surface area contributed by atoms with Gasteiger partial charge in [0.1, 0.15) is 0 Å². The molecular formula is C12H18N2O2. The molecule has 1 unspecified atom stereocenters. The lowest BCUT2D eigenvalue weighted by Crippen LogP contribution is -2.39. The molecule has 0 radical (unpaired) electrons. The summed E-state index contributed by atoms with van der Waals surface area (Å²) in [5.41, 5.74) is 6.31. The van der Waals surface area contributed by atoms with Crippen molar-refractivity contribution in [2.75, 3.05) is 13.2 Å². The van der Waals surface area contributed by atoms with Crippen LogP contribution in [0.4, 0.5) is 0 Å². The van der Waals surface area contributed by atoms with Gasteiger partial charge in [0, 0.05) is 6.04 Å². The Kier molecular flexibility index (Phi) is 5.53. The topological polar surface area (TPSA) is 64.3 Å². The molecule has 1 aromatic carbocycles. The highest BCUT2D eigenvalue weighted by Crippen LogP contribution is 2.00. The van der Waals surface area contributed by atoms with Crippen molar-refractivity contribution in [3.8, 4) is 0 Å². The molecule has 1 atom stereocenters. The zero-order valence-corrected chi connectivity index (χ0v) is 9.48. The molecule has 0 bridgehead atoms. The van der Waals surface area contributed by atoms with Crippen LogP contribution in [0.2, 0.25) is 0 Å². The monoisotopic (exact) mass is 222 g/mol. The van der Waals surface area contributed by atoms with E-state index in [1.54, 1.807) is 0 Å². The second-order valence-corrected chi connectivity index (χ2v) is 3.67. The Hall–Kier alpha value is -1.39. The van der Waals surface area contributed by atoms with Crippen LogP contribution in [-0.2, 0) is 16.1 Å². The van der Waals surface area contributed by atoms with Crippen LogP contribution in [0.25, 0.3) is 0 Å². The molecule has 0 saturated heterocycles. The van der Waals surface area contributed by atoms with E-state index in [2.05, 4.69) is 5.32 Å². The predicted octanol–water partition coefficient (Wildman–Crippen LogP) is 0.667. The van der Waals surface area contributed by atoms with Crippen molar-refractivity contribution in [2.45, 2.75) is 19.6 Å². The first kappa shape index (κ1) is 12.7. The Bertz CT molecular complexity index is 314. The van der Waals surface area contributed by atoms with Crippen molar-refractivity contribution in [2.24, 2.45) is 5.73 Å². The highest BCUT2D eigenvalue weighted by molar-refractivity contribution is 5.77. The Morgan fingerprint density at radius 3 is 2.75 bits per heavy atom. The summed E-state index contributed by atoms with van der Waals surface area (Å²) < 4.78 is 5.47. The molecule has 3 N–H and O–H groups in total. The lowest BCUT2D eigenvalue weighted by atomic mass is 10.2. The molecule has 0 fully saturated rings. The summed E-state index contributed by atoms with van der Waals surface area (Å²) in [6, 6.07) is 9.90. The molecule has 1 rings (SSSR count). The van der Waals surface area contributed by atoms with Crippen molar-refractivity contribution >= 4 is 5.91 Å². The molecular weight excluding hydrogens is 204 g/mol. The zero-order chi connectivity index (χ0) is 11.8. The Morgan fingerprint density at radius 1 is 1.44 bits per heavy atom. The highest BCUT2D eigenvalue weighted by Gasteiger charge is 2.05. The van der Waals surface area contributed by atoms with Crippen LogP contribution in [0, 0.1) is 0 Å². The van der Waals surface area contributed by atoms with Crippen LogP contribution >= 0.6 is 0 Å². The van der Waals surface area contributed by atoms with Crippen LogP contribution in [0.1, 0.15) is 12.5 Å². The minimum absolute atomic E-state index is 0.0141. The van der Waals surface area contributed by atoms with E-state index < -0.39 is 0 Å². The summed E-state index contributed by atoms with van der Waals surface area (Å²) in [4.78, 5) is 11.0. The molecule has 0 aliphatic rings. The fraction of sp³-hybridized carbons (Fsp3) is 0.417. The molecule has 0 aromatic heterocycles. The third-order valence-corrected chi connectivity index (χ3v) is 2.07. The van der Waals surface area contributed by atoms with Crippen molar-refractivity contribution in [1.82, 2.24) is 5.32 Å². The van der Waals surface area contributed by atoms with E-state index in [9.17, 15) is 4.79 Å². The van der Waals surface area contributed by atoms with Gasteiger partial charge in [-0.1, -0.05) is 30.3 Å². The lowest BCUT2D eigenvalue weighted by molar-refractivity contribution is -0.120. The maximum atomic E-state index is 11.0. The van der Waals surface area contributed by atoms with E-state index in [0.717, 1.165) is 5.56 Å². The summed E-state index contributed by atoms with van der Waals surface area (Å²) in [5, 5.41) is 2.73. The number of carbonyl (C=O) groups is 1. The summed E-state index contributed by atoms with van der Waals surface area (Å²) >= 11 is 0. The third-order valence-electron chi connectivity index (χ3n) is 2.07. The smallest absolute Gasteiger partial charge is 0.234 e. The first-order valence-electron chi connectivity index (χ1n) is 5.33. The molecule has 88 valence electrons. The van der Waals surface area contributed by atoms with Gasteiger partial charge >= 0.3 is 0 Å². The van der Waals surface area contributed by atoms with Gasteiger partial charge in [-0.25, -0.2) is 0 Å². The fourth-order valence-corrected chi connectivity index (χ4v) is 1.30. The van der Waals surface area contributed by atoms with E-state index in [-0.39, 0.29) is 18.5 Å². The second kappa shape index (κ2) is 6.98. The third kappa shape index (κ3) is 4.91. The number of carbonyl (C=O) groups excluding carboxylic acids is 1. The van der Waals surface area contributed by atoms with Crippen LogP contribution in [0.15, 0.2) is 30.3 Å². The van der Waals surface area contributed by atoms with Crippen molar-refractivity contribution in [1.29, 1.82) is 0 Å². The summed E-state index contributed by atoms with van der Waals surface area (Å²) in [7, 11) is 0. The van der Waals surface area contributed by atoms with Gasteiger partial charge in [-0.2, -0.15) is 0 Å². The minimum atomic E-state index is -0.157. The number of hydrogen-bond donors (Lipinski definition) is 2. The SMILES string of the molecule is CC(COCc1ccccc1)NC(=O)CN. The minimum Gasteiger partial charge on any atom is -0.375 e. The van der Waals surface area contributed by atoms with Gasteiger partial charge in [-0.3, -0.25) is 4.79 Å². The first-order chi connectivity index (χ1) is 7.72. The molecule has 4 nitrogen and oxygen atoms in total. The molecule has 4 heteroatoms. The summed E-state index contributed by atoms with van der Waals surface area (Å²) in [5.74, 6) is -0.157. The maximum absolute atomic E-state index is 11.0. The summed E-state index contributed by atoms with van der Waals surface area (Å²) in [6.07, 6.45) is 0. The van der Waals surface area contributed by atoms with Crippen molar-refractivity contribution in [3.63, 3.8) is 0 Å². The normalized spacial score (nSPS) is 12.1. The van der Waals surface area contributed by atoms with Gasteiger partial charge in [0.2, 0.25) is 5.91 Å². The molecule has 1 aromatic rings. The van der Waals surface area contributed by atoms with Crippen LogP contribution in [0.5, 0.6) is 0 Å². The average Bonchev–Trinajstić information content (AvgIpc) is 2.30. The molecule has 1 amide bonds. The average molecular weight is 222 g/mol. The Balaban J connectivity index is 2.18. The number of hydrogen-bond acceptors (Lipinski definition) is 3. The number of rotatable bonds is 6. The molecule has 0 saturated carbocycles. The van der Waals surface area contributed by atoms with Crippen molar-refractivity contribution in [3.05, 3.63) is 35.9 Å². The number of nitrogens with one attached hydrogen (secondary N) is 1. The highest BCUT2D eigenvalue weighted by atomic mass is 16.5. The van der Waals surface area contributed by atoms with E-state index in [0.29, 0.717) is 13.2 Å². The van der Waals surface area contributed by atoms with Gasteiger partial charge in [0.15, 0.2) is 0 Å². The molecule has 16 heavy (non-hydrogen) atoms. The second-order valence-electron chi connectivity index (χ2n) is 3.67. The van der Waals surface area contributed by atoms with Gasteiger partial charge < -0.3 is 15.8 Å². The van der Waals surface area contributed by atoms with Crippen LogP contribution in [-0.4, -0.2) is 25.1 Å². The number of nitrogens with two attached hydrogens (primary N) is 1. The van der Waals surface area contributed by atoms with Crippen LogP contribution in [0.3, 0.4) is 0 Å². The first-order valence-corrected chi connectivity index (χ1v) is 5.33. The largest absolute Gasteiger partial charge is 0.375 e. The number of amides is 1. The Labute approximate surface area is 95.8 Å². The van der Waals surface area contributed by atoms with Gasteiger partial charge in [-0.05, 0) is 12.5 Å². The molecule has 0 aliphatic carbocycles. The molecule has 0 aliphatic heterocycles. The zero-order valence-electron chi connectivity index (χ0n) is 9.48. The fourth-order valence-electron chi connectivity index (χ4n) is 1.30. The molecule has 0 heterocycles.